The van der Waals surface area contributed by atoms with Crippen molar-refractivity contribution in [1.29, 1.82) is 0 Å². The number of methoxy groups -OCH3 is 1. The monoisotopic (exact) mass is 551 g/mol. The van der Waals surface area contributed by atoms with E-state index in [9.17, 15) is 23.6 Å². The van der Waals surface area contributed by atoms with Gasteiger partial charge in [0.15, 0.2) is 16.3 Å². The molecule has 0 spiro atoms. The van der Waals surface area contributed by atoms with Gasteiger partial charge in [-0.1, -0.05) is 36.0 Å². The number of anilines is 1. The molecule has 14 heteroatoms. The van der Waals surface area contributed by atoms with Gasteiger partial charge < -0.3 is 10.1 Å². The molecule has 0 atom stereocenters. The minimum Gasteiger partial charge on any atom is -0.465 e. The largest absolute Gasteiger partial charge is 0.465 e. The van der Waals surface area contributed by atoms with Crippen LogP contribution in [0.25, 0.3) is 16.9 Å². The number of carbonyl (C=O) groups excluding carboxylic acids is 2. The third kappa shape index (κ3) is 4.58. The molecule has 3 heterocycles. The van der Waals surface area contributed by atoms with Gasteiger partial charge in [0.2, 0.25) is 11.7 Å². The summed E-state index contributed by atoms with van der Waals surface area (Å²) in [4.78, 5) is 50.8. The number of rotatable bonds is 7. The smallest absolute Gasteiger partial charge is 0.339 e. The molecule has 0 saturated heterocycles. The van der Waals surface area contributed by atoms with Crippen LogP contribution in [-0.4, -0.2) is 53.0 Å². The minimum atomic E-state index is -0.589. The number of fused-ring (bicyclic) bond motifs is 3. The molecule has 0 radical (unpaired) electrons. The zero-order chi connectivity index (χ0) is 27.8. The zero-order valence-corrected chi connectivity index (χ0v) is 21.9. The number of benzene rings is 2. The maximum Gasteiger partial charge on any atom is 0.339 e. The van der Waals surface area contributed by atoms with Crippen molar-refractivity contribution in [2.24, 2.45) is 14.1 Å². The van der Waals surface area contributed by atoms with Gasteiger partial charge >= 0.3 is 11.7 Å². The SMILES string of the molecule is COC(=O)c1ccccc1NC(=O)CSc1nnc2n(Cc3ccc(F)cc3)c3c(=O)n(C)c(=O)n(C)c3n12. The van der Waals surface area contributed by atoms with E-state index >= 15 is 0 Å². The molecular weight excluding hydrogens is 529 g/mol. The Balaban J connectivity index is 1.53. The second-order valence-corrected chi connectivity index (χ2v) is 9.53. The average molecular weight is 552 g/mol. The lowest BCUT2D eigenvalue weighted by Gasteiger charge is -2.09. The molecule has 12 nitrogen and oxygen atoms in total. The van der Waals surface area contributed by atoms with Crippen LogP contribution in [0, 0.1) is 5.82 Å². The molecule has 2 aromatic carbocycles. The van der Waals surface area contributed by atoms with Crippen LogP contribution in [-0.2, 0) is 30.2 Å². The summed E-state index contributed by atoms with van der Waals surface area (Å²) in [6.07, 6.45) is 0. The van der Waals surface area contributed by atoms with E-state index < -0.39 is 28.9 Å². The molecule has 5 aromatic rings. The molecule has 0 saturated carbocycles. The number of amides is 1. The lowest BCUT2D eigenvalue weighted by molar-refractivity contribution is -0.113. The highest BCUT2D eigenvalue weighted by Gasteiger charge is 2.24. The molecule has 0 bridgehead atoms. The lowest BCUT2D eigenvalue weighted by atomic mass is 10.2. The summed E-state index contributed by atoms with van der Waals surface area (Å²) in [5, 5.41) is 11.4. The van der Waals surface area contributed by atoms with Crippen LogP contribution in [0.2, 0.25) is 0 Å². The fourth-order valence-electron chi connectivity index (χ4n) is 4.24. The van der Waals surface area contributed by atoms with Crippen LogP contribution >= 0.6 is 11.8 Å². The molecule has 0 aliphatic carbocycles. The number of hydrogen-bond donors (Lipinski definition) is 1. The molecule has 0 aliphatic heterocycles. The van der Waals surface area contributed by atoms with Crippen LogP contribution < -0.4 is 16.6 Å². The Kier molecular flexibility index (Phi) is 6.78. The number of hydrogen-bond acceptors (Lipinski definition) is 8. The number of nitrogens with one attached hydrogen (secondary N) is 1. The number of esters is 1. The Morgan fingerprint density at radius 1 is 1.03 bits per heavy atom. The highest BCUT2D eigenvalue weighted by atomic mass is 32.2. The van der Waals surface area contributed by atoms with Gasteiger partial charge in [-0.25, -0.2) is 18.4 Å². The Morgan fingerprint density at radius 2 is 1.74 bits per heavy atom. The molecule has 5 rings (SSSR count). The van der Waals surface area contributed by atoms with Gasteiger partial charge in [-0.05, 0) is 29.8 Å². The van der Waals surface area contributed by atoms with E-state index in [4.69, 9.17) is 4.74 Å². The highest BCUT2D eigenvalue weighted by Crippen LogP contribution is 2.25. The van der Waals surface area contributed by atoms with E-state index in [0.717, 1.165) is 16.3 Å². The molecule has 200 valence electrons. The van der Waals surface area contributed by atoms with Crippen LogP contribution in [0.3, 0.4) is 0 Å². The van der Waals surface area contributed by atoms with Crippen LogP contribution in [0.5, 0.6) is 0 Å². The van der Waals surface area contributed by atoms with E-state index in [1.807, 2.05) is 0 Å². The van der Waals surface area contributed by atoms with Crippen LogP contribution in [0.4, 0.5) is 10.1 Å². The Bertz CT molecular complexity index is 1870. The van der Waals surface area contributed by atoms with Gasteiger partial charge in [0.1, 0.15) is 5.82 Å². The number of aryl methyl sites for hydroxylation is 1. The topological polar surface area (TPSA) is 135 Å². The maximum absolute atomic E-state index is 13.5. The summed E-state index contributed by atoms with van der Waals surface area (Å²) in [6, 6.07) is 12.3. The summed E-state index contributed by atoms with van der Waals surface area (Å²) < 4.78 is 23.7. The summed E-state index contributed by atoms with van der Waals surface area (Å²) in [6.45, 7) is 0.161. The van der Waals surface area contributed by atoms with E-state index in [-0.39, 0.29) is 40.0 Å². The normalized spacial score (nSPS) is 11.3. The van der Waals surface area contributed by atoms with Crippen molar-refractivity contribution in [2.45, 2.75) is 11.7 Å². The Labute approximate surface area is 223 Å². The first kappa shape index (κ1) is 25.9. The predicted octanol–water partition coefficient (Wildman–Crippen LogP) is 1.79. The first-order valence-corrected chi connectivity index (χ1v) is 12.6. The molecule has 0 aliphatic rings. The quantitative estimate of drug-likeness (QED) is 0.239. The predicted molar refractivity (Wildman–Crippen MR) is 142 cm³/mol. The number of imidazole rings is 1. The van der Waals surface area contributed by atoms with Crippen molar-refractivity contribution >= 4 is 46.3 Å². The number of nitrogens with zero attached hydrogens (tertiary/aromatic N) is 6. The first-order chi connectivity index (χ1) is 18.7. The second kappa shape index (κ2) is 10.2. The van der Waals surface area contributed by atoms with E-state index in [0.29, 0.717) is 11.3 Å². The number of thioether (sulfide) groups is 1. The standard InChI is InChI=1S/C25H22FN7O5S/c1-30-20-19(21(35)31(2)25(30)37)32(12-14-8-10-15(26)11-9-14)23-28-29-24(33(20)23)39-13-18(34)27-17-7-5-4-6-16(17)22(36)38-3/h4-11H,12-13H2,1-3H3,(H,27,34). The van der Waals surface area contributed by atoms with Gasteiger partial charge in [-0.2, -0.15) is 0 Å². The zero-order valence-electron chi connectivity index (χ0n) is 21.0. The molecule has 1 amide bonds. The summed E-state index contributed by atoms with van der Waals surface area (Å²) in [7, 11) is 4.16. The van der Waals surface area contributed by atoms with Crippen molar-refractivity contribution in [3.05, 3.63) is 86.3 Å². The maximum atomic E-state index is 13.5. The third-order valence-electron chi connectivity index (χ3n) is 6.14. The first-order valence-electron chi connectivity index (χ1n) is 11.6. The highest BCUT2D eigenvalue weighted by molar-refractivity contribution is 7.99. The summed E-state index contributed by atoms with van der Waals surface area (Å²) in [5.41, 5.74) is 0.578. The van der Waals surface area contributed by atoms with Crippen LogP contribution in [0.1, 0.15) is 15.9 Å². The van der Waals surface area contributed by atoms with Gasteiger partial charge in [0.25, 0.3) is 5.56 Å². The van der Waals surface area contributed by atoms with Crippen LogP contribution in [0.15, 0.2) is 63.3 Å². The van der Waals surface area contributed by atoms with Crippen molar-refractivity contribution < 1.29 is 18.7 Å². The van der Waals surface area contributed by atoms with Crippen molar-refractivity contribution in [1.82, 2.24) is 28.3 Å². The van der Waals surface area contributed by atoms with E-state index in [2.05, 4.69) is 15.5 Å². The van der Waals surface area contributed by atoms with Gasteiger partial charge in [-0.3, -0.25) is 23.3 Å². The summed E-state index contributed by atoms with van der Waals surface area (Å²) in [5.74, 6) is -1.25. The fraction of sp³-hybridized carbons (Fsp3) is 0.200. The Hall–Kier alpha value is -4.72. The van der Waals surface area contributed by atoms with Gasteiger partial charge in [0.05, 0.1) is 30.7 Å². The molecular formula is C25H22FN7O5S. The average Bonchev–Trinajstić information content (AvgIpc) is 3.49. The van der Waals surface area contributed by atoms with Gasteiger partial charge in [-0.15, -0.1) is 10.2 Å². The molecule has 0 fully saturated rings. The number of para-hydroxylation sites is 1. The molecule has 39 heavy (non-hydrogen) atoms. The fourth-order valence-corrected chi connectivity index (χ4v) is 4.97. The number of ether oxygens (including phenoxy) is 1. The van der Waals surface area contributed by atoms with Crippen molar-refractivity contribution in [3.63, 3.8) is 0 Å². The van der Waals surface area contributed by atoms with E-state index in [1.54, 1.807) is 39.3 Å². The lowest BCUT2D eigenvalue weighted by Crippen LogP contribution is -2.37. The number of aromatic nitrogens is 6. The summed E-state index contributed by atoms with van der Waals surface area (Å²) >= 11 is 1.04. The molecule has 1 N–H and O–H groups in total. The van der Waals surface area contributed by atoms with Gasteiger partial charge in [0, 0.05) is 14.1 Å². The number of carbonyl (C=O) groups is 2. The van der Waals surface area contributed by atoms with Crippen molar-refractivity contribution in [3.8, 4) is 0 Å². The Morgan fingerprint density at radius 3 is 2.46 bits per heavy atom. The molecule has 3 aromatic heterocycles. The second-order valence-electron chi connectivity index (χ2n) is 8.58. The molecule has 0 unspecified atom stereocenters. The third-order valence-corrected chi connectivity index (χ3v) is 7.07. The van der Waals surface area contributed by atoms with E-state index in [1.165, 1.54) is 44.0 Å². The number of halogens is 1. The minimum absolute atomic E-state index is 0.111. The van der Waals surface area contributed by atoms with Crippen molar-refractivity contribution in [2.75, 3.05) is 18.2 Å².